The molecule has 1 aromatic rings. The maximum absolute atomic E-state index is 11.9. The van der Waals surface area contributed by atoms with Crippen molar-refractivity contribution >= 4 is 37.6 Å². The summed E-state index contributed by atoms with van der Waals surface area (Å²) in [6.45, 7) is 0.469. The van der Waals surface area contributed by atoms with Crippen molar-refractivity contribution in [2.24, 2.45) is 0 Å². The minimum atomic E-state index is -3.38. The molecule has 1 N–H and O–H groups in total. The minimum Gasteiger partial charge on any atom is -0.211 e. The van der Waals surface area contributed by atoms with Crippen molar-refractivity contribution in [3.63, 3.8) is 0 Å². The Morgan fingerprint density at radius 1 is 1.17 bits per heavy atom. The Bertz CT molecular complexity index is 465. The minimum absolute atomic E-state index is 0.289. The lowest BCUT2D eigenvalue weighted by Crippen LogP contribution is -2.24. The molecule has 1 rings (SSSR count). The van der Waals surface area contributed by atoms with Crippen LogP contribution in [-0.2, 0) is 10.0 Å². The Labute approximate surface area is 122 Å². The molecule has 0 radical (unpaired) electrons. The first kappa shape index (κ1) is 16.0. The van der Waals surface area contributed by atoms with Crippen LogP contribution in [0.3, 0.4) is 0 Å². The molecule has 18 heavy (non-hydrogen) atoms. The van der Waals surface area contributed by atoms with Crippen LogP contribution < -0.4 is 4.72 Å². The lowest BCUT2D eigenvalue weighted by atomic mass is 10.2. The second kappa shape index (κ2) is 8.15. The molecule has 0 aliphatic carbocycles. The van der Waals surface area contributed by atoms with E-state index in [1.807, 2.05) is 0 Å². The SMILES string of the molecule is O=S(=O)(NCCCCCCCl)c1cccc(Br)c1. The van der Waals surface area contributed by atoms with Gasteiger partial charge in [0.15, 0.2) is 0 Å². The lowest BCUT2D eigenvalue weighted by molar-refractivity contribution is 0.573. The van der Waals surface area contributed by atoms with E-state index < -0.39 is 10.0 Å². The van der Waals surface area contributed by atoms with Crippen molar-refractivity contribution in [3.05, 3.63) is 28.7 Å². The highest BCUT2D eigenvalue weighted by atomic mass is 79.9. The molecular formula is C12H17BrClNO2S. The van der Waals surface area contributed by atoms with Crippen LogP contribution in [0.4, 0.5) is 0 Å². The molecule has 0 unspecified atom stereocenters. The molecular weight excluding hydrogens is 338 g/mol. The van der Waals surface area contributed by atoms with Gasteiger partial charge in [0, 0.05) is 16.9 Å². The van der Waals surface area contributed by atoms with Crippen LogP contribution >= 0.6 is 27.5 Å². The molecule has 0 heterocycles. The number of alkyl halides is 1. The summed E-state index contributed by atoms with van der Waals surface area (Å²) in [4.78, 5) is 0.289. The van der Waals surface area contributed by atoms with E-state index in [-0.39, 0.29) is 4.90 Å². The molecule has 0 aliphatic heterocycles. The zero-order valence-corrected chi connectivity index (χ0v) is 13.2. The monoisotopic (exact) mass is 353 g/mol. The molecule has 0 saturated carbocycles. The predicted octanol–water partition coefficient (Wildman–Crippen LogP) is 3.53. The van der Waals surface area contributed by atoms with Gasteiger partial charge < -0.3 is 0 Å². The summed E-state index contributed by atoms with van der Waals surface area (Å²) in [7, 11) is -3.38. The van der Waals surface area contributed by atoms with E-state index >= 15 is 0 Å². The highest BCUT2D eigenvalue weighted by molar-refractivity contribution is 9.10. The van der Waals surface area contributed by atoms with Crippen molar-refractivity contribution in [3.8, 4) is 0 Å². The van der Waals surface area contributed by atoms with E-state index in [2.05, 4.69) is 20.7 Å². The first-order valence-corrected chi connectivity index (χ1v) is 8.68. The van der Waals surface area contributed by atoms with Crippen LogP contribution in [0.1, 0.15) is 25.7 Å². The number of benzene rings is 1. The van der Waals surface area contributed by atoms with Crippen molar-refractivity contribution in [2.45, 2.75) is 30.6 Å². The molecule has 0 aromatic heterocycles. The van der Waals surface area contributed by atoms with E-state index in [1.165, 1.54) is 0 Å². The Kier molecular flexibility index (Phi) is 7.22. The van der Waals surface area contributed by atoms with Crippen LogP contribution in [0.2, 0.25) is 0 Å². The van der Waals surface area contributed by atoms with Crippen LogP contribution in [0.15, 0.2) is 33.6 Å². The first-order valence-electron chi connectivity index (χ1n) is 5.87. The van der Waals surface area contributed by atoms with Gasteiger partial charge >= 0.3 is 0 Å². The number of rotatable bonds is 8. The average molecular weight is 355 g/mol. The van der Waals surface area contributed by atoms with Gasteiger partial charge in [0.1, 0.15) is 0 Å². The summed E-state index contributed by atoms with van der Waals surface area (Å²) in [6, 6.07) is 6.68. The third-order valence-electron chi connectivity index (χ3n) is 2.46. The van der Waals surface area contributed by atoms with Crippen LogP contribution in [0.25, 0.3) is 0 Å². The Hall–Kier alpha value is -0.100. The predicted molar refractivity (Wildman–Crippen MR) is 78.5 cm³/mol. The Morgan fingerprint density at radius 2 is 1.89 bits per heavy atom. The van der Waals surface area contributed by atoms with Gasteiger partial charge in [-0.25, -0.2) is 13.1 Å². The summed E-state index contributed by atoms with van der Waals surface area (Å²) in [5.41, 5.74) is 0. The van der Waals surface area contributed by atoms with E-state index in [1.54, 1.807) is 24.3 Å². The zero-order valence-electron chi connectivity index (χ0n) is 10.0. The first-order chi connectivity index (χ1) is 8.56. The molecule has 0 aliphatic rings. The van der Waals surface area contributed by atoms with Crippen molar-refractivity contribution < 1.29 is 8.42 Å². The van der Waals surface area contributed by atoms with Gasteiger partial charge in [-0.15, -0.1) is 11.6 Å². The number of halogens is 2. The van der Waals surface area contributed by atoms with Crippen molar-refractivity contribution in [1.29, 1.82) is 0 Å². The van der Waals surface area contributed by atoms with Gasteiger partial charge in [-0.05, 0) is 31.0 Å². The fourth-order valence-corrected chi connectivity index (χ4v) is 3.36. The normalized spacial score (nSPS) is 11.7. The van der Waals surface area contributed by atoms with Crippen LogP contribution in [-0.4, -0.2) is 20.8 Å². The third-order valence-corrected chi connectivity index (χ3v) is 4.68. The molecule has 0 fully saturated rings. The molecule has 0 spiro atoms. The summed E-state index contributed by atoms with van der Waals surface area (Å²) in [5.74, 6) is 0.670. The molecule has 102 valence electrons. The molecule has 6 heteroatoms. The molecule has 0 saturated heterocycles. The smallest absolute Gasteiger partial charge is 0.211 e. The van der Waals surface area contributed by atoms with Gasteiger partial charge in [-0.3, -0.25) is 0 Å². The number of sulfonamides is 1. The van der Waals surface area contributed by atoms with Gasteiger partial charge in [-0.1, -0.05) is 34.8 Å². The average Bonchev–Trinajstić information content (AvgIpc) is 2.33. The van der Waals surface area contributed by atoms with Crippen LogP contribution in [0.5, 0.6) is 0 Å². The van der Waals surface area contributed by atoms with Gasteiger partial charge in [0.25, 0.3) is 0 Å². The quantitative estimate of drug-likeness (QED) is 0.573. The van der Waals surface area contributed by atoms with E-state index in [4.69, 9.17) is 11.6 Å². The topological polar surface area (TPSA) is 46.2 Å². The van der Waals surface area contributed by atoms with E-state index in [9.17, 15) is 8.42 Å². The maximum Gasteiger partial charge on any atom is 0.240 e. The zero-order chi connectivity index (χ0) is 13.4. The van der Waals surface area contributed by atoms with Crippen LogP contribution in [0, 0.1) is 0 Å². The maximum atomic E-state index is 11.9. The van der Waals surface area contributed by atoms with Gasteiger partial charge in [-0.2, -0.15) is 0 Å². The highest BCUT2D eigenvalue weighted by Crippen LogP contribution is 2.15. The summed E-state index contributed by atoms with van der Waals surface area (Å²) in [5, 5.41) is 0. The molecule has 0 amide bonds. The summed E-state index contributed by atoms with van der Waals surface area (Å²) < 4.78 is 27.2. The number of hydrogen-bond acceptors (Lipinski definition) is 2. The third kappa shape index (κ3) is 5.69. The van der Waals surface area contributed by atoms with E-state index in [0.29, 0.717) is 12.4 Å². The summed E-state index contributed by atoms with van der Waals surface area (Å²) in [6.07, 6.45) is 3.86. The molecule has 0 bridgehead atoms. The lowest BCUT2D eigenvalue weighted by Gasteiger charge is -2.06. The van der Waals surface area contributed by atoms with Gasteiger partial charge in [0.05, 0.1) is 4.90 Å². The summed E-state index contributed by atoms with van der Waals surface area (Å²) >= 11 is 8.83. The highest BCUT2D eigenvalue weighted by Gasteiger charge is 2.12. The number of nitrogens with one attached hydrogen (secondary N) is 1. The Morgan fingerprint density at radius 3 is 2.56 bits per heavy atom. The van der Waals surface area contributed by atoms with Crippen molar-refractivity contribution in [2.75, 3.05) is 12.4 Å². The fourth-order valence-electron chi connectivity index (χ4n) is 1.50. The standard InChI is InChI=1S/C12H17BrClNO2S/c13-11-6-5-7-12(10-11)18(16,17)15-9-4-2-1-3-8-14/h5-7,10,15H,1-4,8-9H2. The second-order valence-electron chi connectivity index (χ2n) is 3.96. The largest absolute Gasteiger partial charge is 0.240 e. The van der Waals surface area contributed by atoms with Gasteiger partial charge in [0.2, 0.25) is 10.0 Å². The molecule has 1 aromatic carbocycles. The van der Waals surface area contributed by atoms with E-state index in [0.717, 1.165) is 30.2 Å². The van der Waals surface area contributed by atoms with Crippen molar-refractivity contribution in [1.82, 2.24) is 4.72 Å². The number of unbranched alkanes of at least 4 members (excludes halogenated alkanes) is 3. The fraction of sp³-hybridized carbons (Fsp3) is 0.500. The molecule has 0 atom stereocenters. The Balaban J connectivity index is 2.41. The molecule has 3 nitrogen and oxygen atoms in total. The second-order valence-corrected chi connectivity index (χ2v) is 7.02. The number of hydrogen-bond donors (Lipinski definition) is 1.